The first-order valence-corrected chi connectivity index (χ1v) is 8.93. The lowest BCUT2D eigenvalue weighted by molar-refractivity contribution is -0.729. The van der Waals surface area contributed by atoms with E-state index in [0.29, 0.717) is 18.3 Å². The summed E-state index contributed by atoms with van der Waals surface area (Å²) in [6, 6.07) is 15.8. The zero-order valence-electron chi connectivity index (χ0n) is 15.1. The Labute approximate surface area is 149 Å². The molecule has 1 heterocycles. The molecule has 0 bridgehead atoms. The van der Waals surface area contributed by atoms with E-state index in [2.05, 4.69) is 42.7 Å². The van der Waals surface area contributed by atoms with Crippen LogP contribution in [0.25, 0.3) is 5.70 Å². The van der Waals surface area contributed by atoms with Crippen LogP contribution >= 0.6 is 0 Å². The molecule has 0 saturated carbocycles. The molecule has 3 rings (SSSR count). The fraction of sp³-hybridized carbons (Fsp3) is 0.333. The molecule has 0 aliphatic carbocycles. The summed E-state index contributed by atoms with van der Waals surface area (Å²) in [5.41, 5.74) is 3.17. The second-order valence-corrected chi connectivity index (χ2v) is 6.73. The third-order valence-corrected chi connectivity index (χ3v) is 4.57. The van der Waals surface area contributed by atoms with Gasteiger partial charge in [0.2, 0.25) is 0 Å². The zero-order valence-corrected chi connectivity index (χ0v) is 15.1. The third kappa shape index (κ3) is 3.97. The molecule has 4 N–H and O–H groups in total. The normalized spacial score (nSPS) is 20.1. The number of quaternary nitrogens is 1. The first-order valence-electron chi connectivity index (χ1n) is 8.93. The van der Waals surface area contributed by atoms with Crippen molar-refractivity contribution < 1.29 is 15.2 Å². The van der Waals surface area contributed by atoms with E-state index in [1.165, 1.54) is 0 Å². The Kier molecular flexibility index (Phi) is 5.29. The molecule has 132 valence electrons. The smallest absolute Gasteiger partial charge is 0.162 e. The van der Waals surface area contributed by atoms with Gasteiger partial charge in [0.15, 0.2) is 6.17 Å². The lowest BCUT2D eigenvalue weighted by Gasteiger charge is -2.32. The van der Waals surface area contributed by atoms with E-state index in [4.69, 9.17) is 4.74 Å². The minimum absolute atomic E-state index is 0.0800. The van der Waals surface area contributed by atoms with E-state index in [1.807, 2.05) is 37.3 Å². The van der Waals surface area contributed by atoms with Crippen LogP contribution in [0.15, 0.2) is 54.6 Å². The van der Waals surface area contributed by atoms with Crippen molar-refractivity contribution in [3.05, 3.63) is 65.7 Å². The van der Waals surface area contributed by atoms with Gasteiger partial charge in [-0.3, -0.25) is 0 Å². The minimum Gasteiger partial charge on any atom is -0.507 e. The number of hydrogen-bond acceptors (Lipinski definition) is 3. The van der Waals surface area contributed by atoms with Crippen LogP contribution in [0.2, 0.25) is 0 Å². The number of rotatable bonds is 5. The Morgan fingerprint density at radius 2 is 1.84 bits per heavy atom. The summed E-state index contributed by atoms with van der Waals surface area (Å²) in [4.78, 5) is 0. The summed E-state index contributed by atoms with van der Waals surface area (Å²) in [5, 5.41) is 16.2. The molecule has 25 heavy (non-hydrogen) atoms. The number of nitrogens with one attached hydrogen (secondary N) is 1. The Hall–Kier alpha value is -2.46. The van der Waals surface area contributed by atoms with Gasteiger partial charge in [-0.1, -0.05) is 26.0 Å². The van der Waals surface area contributed by atoms with Crippen molar-refractivity contribution in [2.24, 2.45) is 5.92 Å². The number of aromatic hydroxyl groups is 1. The van der Waals surface area contributed by atoms with Crippen LogP contribution in [0.5, 0.6) is 11.5 Å². The highest BCUT2D eigenvalue weighted by Gasteiger charge is 2.29. The Morgan fingerprint density at radius 1 is 1.12 bits per heavy atom. The zero-order chi connectivity index (χ0) is 17.8. The van der Waals surface area contributed by atoms with Gasteiger partial charge in [0, 0.05) is 17.7 Å². The molecule has 0 spiro atoms. The van der Waals surface area contributed by atoms with Gasteiger partial charge < -0.3 is 20.5 Å². The van der Waals surface area contributed by atoms with Crippen LogP contribution in [0.3, 0.4) is 0 Å². The summed E-state index contributed by atoms with van der Waals surface area (Å²) in [6.45, 7) is 7.06. The number of ether oxygens (including phenoxy) is 1. The highest BCUT2D eigenvalue weighted by molar-refractivity contribution is 5.66. The number of phenolic OH excluding ortho intramolecular Hbond substituents is 1. The van der Waals surface area contributed by atoms with Gasteiger partial charge >= 0.3 is 0 Å². The molecule has 4 heteroatoms. The first-order chi connectivity index (χ1) is 12.1. The largest absolute Gasteiger partial charge is 0.507 e. The highest BCUT2D eigenvalue weighted by Crippen LogP contribution is 2.27. The molecule has 1 aliphatic rings. The monoisotopic (exact) mass is 339 g/mol. The van der Waals surface area contributed by atoms with Crippen LogP contribution in [-0.2, 0) is 0 Å². The number of phenols is 1. The molecule has 0 radical (unpaired) electrons. The van der Waals surface area contributed by atoms with Crippen molar-refractivity contribution in [3.8, 4) is 11.5 Å². The van der Waals surface area contributed by atoms with Gasteiger partial charge in [0.1, 0.15) is 17.5 Å². The number of hydrogen-bond donors (Lipinski definition) is 3. The van der Waals surface area contributed by atoms with E-state index in [9.17, 15) is 5.11 Å². The Morgan fingerprint density at radius 3 is 2.48 bits per heavy atom. The number of nitrogens with two attached hydrogens (primary N) is 1. The molecule has 2 aromatic rings. The lowest BCUT2D eigenvalue weighted by atomic mass is 9.97. The molecule has 1 aliphatic heterocycles. The summed E-state index contributed by atoms with van der Waals surface area (Å²) in [7, 11) is 0. The maximum Gasteiger partial charge on any atom is 0.162 e. The van der Waals surface area contributed by atoms with Crippen LogP contribution in [0.1, 0.15) is 37.9 Å². The summed E-state index contributed by atoms with van der Waals surface area (Å²) >= 11 is 0. The van der Waals surface area contributed by atoms with Crippen molar-refractivity contribution in [1.82, 2.24) is 5.32 Å². The van der Waals surface area contributed by atoms with E-state index >= 15 is 0 Å². The predicted molar refractivity (Wildman–Crippen MR) is 100 cm³/mol. The molecule has 0 aromatic heterocycles. The summed E-state index contributed by atoms with van der Waals surface area (Å²) in [6.07, 6.45) is 2.43. The average Bonchev–Trinajstić information content (AvgIpc) is 2.62. The van der Waals surface area contributed by atoms with Gasteiger partial charge in [0.25, 0.3) is 0 Å². The number of benzene rings is 2. The van der Waals surface area contributed by atoms with Crippen molar-refractivity contribution in [2.75, 3.05) is 6.61 Å². The van der Waals surface area contributed by atoms with Gasteiger partial charge in [-0.05, 0) is 48.9 Å². The molecule has 2 aromatic carbocycles. The van der Waals surface area contributed by atoms with Crippen molar-refractivity contribution >= 4 is 5.70 Å². The first kappa shape index (κ1) is 17.4. The topological polar surface area (TPSA) is 58.1 Å². The van der Waals surface area contributed by atoms with Crippen LogP contribution in [0.4, 0.5) is 0 Å². The second-order valence-electron chi connectivity index (χ2n) is 6.73. The van der Waals surface area contributed by atoms with Crippen molar-refractivity contribution in [3.63, 3.8) is 0 Å². The maximum absolute atomic E-state index is 10.3. The van der Waals surface area contributed by atoms with Gasteiger partial charge in [-0.25, -0.2) is 0 Å². The minimum atomic E-state index is 0.0800. The molecule has 2 unspecified atom stereocenters. The quantitative estimate of drug-likeness (QED) is 0.785. The van der Waals surface area contributed by atoms with Crippen molar-refractivity contribution in [2.45, 2.75) is 33.0 Å². The molecule has 4 nitrogen and oxygen atoms in total. The van der Waals surface area contributed by atoms with Gasteiger partial charge in [-0.15, -0.1) is 0 Å². The fourth-order valence-corrected chi connectivity index (χ4v) is 3.16. The predicted octanol–water partition coefficient (Wildman–Crippen LogP) is 3.02. The summed E-state index contributed by atoms with van der Waals surface area (Å²) in [5.74, 6) is 1.68. The summed E-state index contributed by atoms with van der Waals surface area (Å²) < 4.78 is 5.53. The average molecular weight is 339 g/mol. The molecular weight excluding hydrogens is 312 g/mol. The van der Waals surface area contributed by atoms with E-state index < -0.39 is 0 Å². The Bertz CT molecular complexity index is 738. The van der Waals surface area contributed by atoms with E-state index in [0.717, 1.165) is 22.6 Å². The van der Waals surface area contributed by atoms with E-state index in [1.54, 1.807) is 6.07 Å². The molecular formula is C21H27N2O2+. The SMILES string of the molecule is CCOc1ccc(C2=CC(c3ccccc3O)[NH2+]C(C(C)C)N2)cc1. The van der Waals surface area contributed by atoms with Crippen LogP contribution < -0.4 is 15.4 Å². The standard InChI is InChI=1S/C21H26N2O2/c1-4-25-16-11-9-15(10-12-16)18-13-19(23-21(22-18)14(2)3)17-7-5-6-8-20(17)24/h5-14,19,21-24H,4H2,1-3H3/p+1. The fourth-order valence-electron chi connectivity index (χ4n) is 3.16. The van der Waals surface area contributed by atoms with Crippen molar-refractivity contribution in [1.29, 1.82) is 0 Å². The molecule has 0 amide bonds. The van der Waals surface area contributed by atoms with Gasteiger partial charge in [-0.2, -0.15) is 0 Å². The highest BCUT2D eigenvalue weighted by atomic mass is 16.5. The third-order valence-electron chi connectivity index (χ3n) is 4.57. The van der Waals surface area contributed by atoms with Crippen LogP contribution in [-0.4, -0.2) is 17.9 Å². The molecule has 0 fully saturated rings. The number of para-hydroxylation sites is 1. The Balaban J connectivity index is 1.94. The molecule has 2 atom stereocenters. The molecule has 0 saturated heterocycles. The van der Waals surface area contributed by atoms with Crippen LogP contribution in [0, 0.1) is 5.92 Å². The van der Waals surface area contributed by atoms with Gasteiger partial charge in [0.05, 0.1) is 12.2 Å². The maximum atomic E-state index is 10.3. The lowest BCUT2D eigenvalue weighted by Crippen LogP contribution is -2.96. The van der Waals surface area contributed by atoms with E-state index in [-0.39, 0.29) is 12.2 Å². The second kappa shape index (κ2) is 7.62.